The second-order valence-electron chi connectivity index (χ2n) is 6.75. The lowest BCUT2D eigenvalue weighted by Gasteiger charge is -2.14. The summed E-state index contributed by atoms with van der Waals surface area (Å²) in [5, 5.41) is -0.795. The molecule has 1 heterocycles. The second kappa shape index (κ2) is 11.0. The Morgan fingerprint density at radius 3 is 2.45 bits per heavy atom. The first-order chi connectivity index (χ1) is 13.9. The highest BCUT2D eigenvalue weighted by atomic mass is 35.5. The molecule has 8 heteroatoms. The van der Waals surface area contributed by atoms with Gasteiger partial charge in [-0.1, -0.05) is 40.0 Å². The van der Waals surface area contributed by atoms with Crippen molar-refractivity contribution < 1.29 is 23.0 Å². The SMILES string of the molecule is CCCCCOc1ccc(-c2ncc(OC(=O)C(Cl)C(C)CC)cn2)c(F)c1F. The quantitative estimate of drug-likeness (QED) is 0.283. The van der Waals surface area contributed by atoms with Crippen LogP contribution >= 0.6 is 11.6 Å². The molecule has 0 saturated heterocycles. The van der Waals surface area contributed by atoms with E-state index in [1.54, 1.807) is 0 Å². The molecule has 1 aromatic heterocycles. The highest BCUT2D eigenvalue weighted by molar-refractivity contribution is 6.30. The summed E-state index contributed by atoms with van der Waals surface area (Å²) in [6, 6.07) is 2.70. The maximum Gasteiger partial charge on any atom is 0.329 e. The zero-order valence-corrected chi connectivity index (χ0v) is 17.5. The topological polar surface area (TPSA) is 61.3 Å². The molecule has 0 bridgehead atoms. The molecule has 0 aliphatic rings. The maximum atomic E-state index is 14.4. The molecule has 2 atom stereocenters. The number of alkyl halides is 1. The third-order valence-corrected chi connectivity index (χ3v) is 5.12. The number of aromatic nitrogens is 2. The van der Waals surface area contributed by atoms with Crippen LogP contribution in [0.1, 0.15) is 46.5 Å². The molecule has 1 aromatic carbocycles. The number of unbranched alkanes of at least 4 members (excludes halogenated alkanes) is 2. The Morgan fingerprint density at radius 1 is 1.14 bits per heavy atom. The third kappa shape index (κ3) is 6.10. The lowest BCUT2D eigenvalue weighted by Crippen LogP contribution is -2.26. The molecule has 0 N–H and O–H groups in total. The van der Waals surface area contributed by atoms with Crippen LogP contribution in [0, 0.1) is 17.6 Å². The molecule has 0 saturated carbocycles. The van der Waals surface area contributed by atoms with Crippen molar-refractivity contribution in [3.63, 3.8) is 0 Å². The van der Waals surface area contributed by atoms with Gasteiger partial charge in [-0.05, 0) is 24.5 Å². The van der Waals surface area contributed by atoms with Crippen molar-refractivity contribution in [2.24, 2.45) is 5.92 Å². The van der Waals surface area contributed by atoms with Gasteiger partial charge in [0.2, 0.25) is 5.82 Å². The van der Waals surface area contributed by atoms with Gasteiger partial charge in [-0.15, -0.1) is 11.6 Å². The molecule has 0 amide bonds. The van der Waals surface area contributed by atoms with Crippen LogP contribution in [-0.2, 0) is 4.79 Å². The Labute approximate surface area is 174 Å². The van der Waals surface area contributed by atoms with E-state index in [0.717, 1.165) is 25.7 Å². The fraction of sp³-hybridized carbons (Fsp3) is 0.476. The smallest absolute Gasteiger partial charge is 0.329 e. The summed E-state index contributed by atoms with van der Waals surface area (Å²) < 4.78 is 39.1. The number of carbonyl (C=O) groups excluding carboxylic acids is 1. The van der Waals surface area contributed by atoms with Gasteiger partial charge in [-0.2, -0.15) is 4.39 Å². The van der Waals surface area contributed by atoms with Crippen LogP contribution in [-0.4, -0.2) is 27.9 Å². The summed E-state index contributed by atoms with van der Waals surface area (Å²) in [5.74, 6) is -2.96. The van der Waals surface area contributed by atoms with Gasteiger partial charge in [0.15, 0.2) is 23.1 Å². The van der Waals surface area contributed by atoms with E-state index in [1.807, 2.05) is 20.8 Å². The minimum atomic E-state index is -1.10. The molecule has 2 rings (SSSR count). The van der Waals surface area contributed by atoms with Gasteiger partial charge >= 0.3 is 5.97 Å². The molecule has 0 aliphatic carbocycles. The minimum absolute atomic E-state index is 0.0388. The number of nitrogens with zero attached hydrogens (tertiary/aromatic N) is 2. The summed E-state index contributed by atoms with van der Waals surface area (Å²) in [5.41, 5.74) is -0.115. The van der Waals surface area contributed by atoms with Gasteiger partial charge in [0.25, 0.3) is 0 Å². The van der Waals surface area contributed by atoms with E-state index in [2.05, 4.69) is 9.97 Å². The largest absolute Gasteiger partial charge is 0.490 e. The number of hydrogen-bond acceptors (Lipinski definition) is 5. The third-order valence-electron chi connectivity index (χ3n) is 4.51. The number of hydrogen-bond donors (Lipinski definition) is 0. The average molecular weight is 427 g/mol. The number of rotatable bonds is 10. The van der Waals surface area contributed by atoms with E-state index in [4.69, 9.17) is 21.1 Å². The highest BCUT2D eigenvalue weighted by Gasteiger charge is 2.24. The van der Waals surface area contributed by atoms with Crippen LogP contribution in [0.25, 0.3) is 11.4 Å². The predicted octanol–water partition coefficient (Wildman–Crippen LogP) is 5.55. The lowest BCUT2D eigenvalue weighted by atomic mass is 10.1. The van der Waals surface area contributed by atoms with Crippen molar-refractivity contribution in [1.82, 2.24) is 9.97 Å². The normalized spacial score (nSPS) is 13.0. The van der Waals surface area contributed by atoms with Crippen molar-refractivity contribution in [1.29, 1.82) is 0 Å². The molecular formula is C21H25ClF2N2O3. The van der Waals surface area contributed by atoms with Gasteiger partial charge < -0.3 is 9.47 Å². The molecule has 2 unspecified atom stereocenters. The van der Waals surface area contributed by atoms with E-state index in [-0.39, 0.29) is 28.8 Å². The van der Waals surface area contributed by atoms with Crippen molar-refractivity contribution in [2.75, 3.05) is 6.61 Å². The van der Waals surface area contributed by atoms with Crippen LogP contribution in [0.5, 0.6) is 11.5 Å². The number of carbonyl (C=O) groups is 1. The van der Waals surface area contributed by atoms with Crippen LogP contribution in [0.15, 0.2) is 24.5 Å². The predicted molar refractivity (Wildman–Crippen MR) is 107 cm³/mol. The van der Waals surface area contributed by atoms with Crippen molar-refractivity contribution in [3.8, 4) is 22.9 Å². The van der Waals surface area contributed by atoms with Crippen LogP contribution < -0.4 is 9.47 Å². The van der Waals surface area contributed by atoms with Crippen molar-refractivity contribution >= 4 is 17.6 Å². The Morgan fingerprint density at radius 2 is 1.83 bits per heavy atom. The van der Waals surface area contributed by atoms with Crippen LogP contribution in [0.3, 0.4) is 0 Å². The molecule has 158 valence electrons. The van der Waals surface area contributed by atoms with Gasteiger partial charge in [-0.25, -0.2) is 14.4 Å². The number of benzene rings is 1. The van der Waals surface area contributed by atoms with E-state index in [9.17, 15) is 13.6 Å². The average Bonchev–Trinajstić information content (AvgIpc) is 2.73. The fourth-order valence-electron chi connectivity index (χ4n) is 2.47. The number of ether oxygens (including phenoxy) is 2. The minimum Gasteiger partial charge on any atom is -0.490 e. The molecule has 29 heavy (non-hydrogen) atoms. The molecule has 2 aromatic rings. The highest BCUT2D eigenvalue weighted by Crippen LogP contribution is 2.28. The second-order valence-corrected chi connectivity index (χ2v) is 7.22. The first-order valence-electron chi connectivity index (χ1n) is 9.67. The first-order valence-corrected chi connectivity index (χ1v) is 10.1. The molecule has 0 radical (unpaired) electrons. The Balaban J connectivity index is 2.09. The summed E-state index contributed by atoms with van der Waals surface area (Å²) >= 11 is 6.05. The van der Waals surface area contributed by atoms with Gasteiger partial charge in [-0.3, -0.25) is 4.79 Å². The van der Waals surface area contributed by atoms with E-state index in [0.29, 0.717) is 6.61 Å². The maximum absolute atomic E-state index is 14.4. The van der Waals surface area contributed by atoms with Gasteiger partial charge in [0.1, 0.15) is 5.38 Å². The molecule has 0 fully saturated rings. The monoisotopic (exact) mass is 426 g/mol. The van der Waals surface area contributed by atoms with Crippen molar-refractivity contribution in [3.05, 3.63) is 36.2 Å². The Hall–Kier alpha value is -2.28. The Kier molecular flexibility index (Phi) is 8.76. The van der Waals surface area contributed by atoms with Crippen LogP contribution in [0.2, 0.25) is 0 Å². The van der Waals surface area contributed by atoms with Crippen molar-refractivity contribution in [2.45, 2.75) is 51.8 Å². The summed E-state index contributed by atoms with van der Waals surface area (Å²) in [4.78, 5) is 19.9. The first kappa shape index (κ1) is 23.0. The Bertz CT molecular complexity index is 818. The molecule has 0 aliphatic heterocycles. The zero-order chi connectivity index (χ0) is 21.4. The summed E-state index contributed by atoms with van der Waals surface area (Å²) in [6.07, 6.45) is 5.88. The van der Waals surface area contributed by atoms with E-state index in [1.165, 1.54) is 24.5 Å². The summed E-state index contributed by atoms with van der Waals surface area (Å²) in [7, 11) is 0. The fourth-order valence-corrected chi connectivity index (χ4v) is 2.69. The van der Waals surface area contributed by atoms with Gasteiger partial charge in [0, 0.05) is 0 Å². The van der Waals surface area contributed by atoms with Gasteiger partial charge in [0.05, 0.1) is 24.6 Å². The zero-order valence-electron chi connectivity index (χ0n) is 16.8. The molecule has 0 spiro atoms. The van der Waals surface area contributed by atoms with E-state index >= 15 is 0 Å². The standard InChI is InChI=1S/C21H25ClF2N2O3/c1-4-6-7-10-28-16-9-8-15(18(23)19(16)24)20-25-11-14(12-26-20)29-21(27)17(22)13(3)5-2/h8-9,11-13,17H,4-7,10H2,1-3H3. The lowest BCUT2D eigenvalue weighted by molar-refractivity contribution is -0.134. The van der Waals surface area contributed by atoms with E-state index < -0.39 is 23.0 Å². The molecular weight excluding hydrogens is 402 g/mol. The van der Waals surface area contributed by atoms with Crippen LogP contribution in [0.4, 0.5) is 8.78 Å². The number of esters is 1. The number of halogens is 3. The summed E-state index contributed by atoms with van der Waals surface area (Å²) in [6.45, 7) is 6.12. The molecule has 5 nitrogen and oxygen atoms in total.